The molecule has 2 aromatic carbocycles. The van der Waals surface area contributed by atoms with Crippen molar-refractivity contribution in [2.45, 2.75) is 31.8 Å². The number of benzene rings is 2. The molecule has 2 atom stereocenters. The third-order valence-electron chi connectivity index (χ3n) is 4.93. The Morgan fingerprint density at radius 1 is 1.21 bits per heavy atom. The maximum Gasteiger partial charge on any atom is 0.226 e. The summed E-state index contributed by atoms with van der Waals surface area (Å²) >= 11 is 0. The van der Waals surface area contributed by atoms with Gasteiger partial charge in [0.2, 0.25) is 5.89 Å². The molecule has 3 aromatic rings. The van der Waals surface area contributed by atoms with E-state index in [9.17, 15) is 4.39 Å². The third kappa shape index (κ3) is 4.06. The van der Waals surface area contributed by atoms with Gasteiger partial charge in [-0.05, 0) is 37.1 Å². The predicted octanol–water partition coefficient (Wildman–Crippen LogP) is 4.01. The highest BCUT2D eigenvalue weighted by Gasteiger charge is 2.40. The summed E-state index contributed by atoms with van der Waals surface area (Å²) in [7, 11) is 1.72. The monoisotopic (exact) mass is 378 g/mol. The van der Waals surface area contributed by atoms with Gasteiger partial charge >= 0.3 is 0 Å². The molecule has 2 unspecified atom stereocenters. The molecule has 0 radical (unpaired) electrons. The first-order valence-corrected chi connectivity index (χ1v) is 9.37. The van der Waals surface area contributed by atoms with Crippen molar-refractivity contribution < 1.29 is 8.81 Å². The van der Waals surface area contributed by atoms with Crippen molar-refractivity contribution in [3.63, 3.8) is 0 Å². The molecule has 28 heavy (non-hydrogen) atoms. The molecule has 0 spiro atoms. The molecule has 1 aliphatic carbocycles. The number of nitrogens with zero attached hydrogens (tertiary/aromatic N) is 2. The Labute approximate surface area is 163 Å². The standard InChI is InChI=1S/C22H23FN4O/c1-14-7-9-15(10-8-14)21-26-16(13-28-21)12-25-22(24-2)27-20-11-18(20)17-5-3-4-6-19(17)23/h3-10,13,18,20H,11-12H2,1-2H3,(H2,24,25,27). The van der Waals surface area contributed by atoms with Gasteiger partial charge in [-0.25, -0.2) is 9.37 Å². The highest BCUT2D eigenvalue weighted by molar-refractivity contribution is 5.80. The summed E-state index contributed by atoms with van der Waals surface area (Å²) < 4.78 is 19.5. The number of halogens is 1. The van der Waals surface area contributed by atoms with Crippen LogP contribution in [0.3, 0.4) is 0 Å². The Hall–Kier alpha value is -3.15. The number of aryl methyl sites for hydroxylation is 1. The Balaban J connectivity index is 1.32. The van der Waals surface area contributed by atoms with Crippen molar-refractivity contribution in [2.24, 2.45) is 4.99 Å². The third-order valence-corrected chi connectivity index (χ3v) is 4.93. The summed E-state index contributed by atoms with van der Waals surface area (Å²) in [6.45, 7) is 2.54. The summed E-state index contributed by atoms with van der Waals surface area (Å²) in [5.41, 5.74) is 3.69. The molecule has 1 heterocycles. The van der Waals surface area contributed by atoms with Gasteiger partial charge in [0.1, 0.15) is 12.1 Å². The van der Waals surface area contributed by atoms with E-state index in [1.165, 1.54) is 11.6 Å². The molecule has 6 heteroatoms. The van der Waals surface area contributed by atoms with Crippen LogP contribution >= 0.6 is 0 Å². The summed E-state index contributed by atoms with van der Waals surface area (Å²) in [4.78, 5) is 8.77. The fraction of sp³-hybridized carbons (Fsp3) is 0.273. The number of aliphatic imine (C=N–C) groups is 1. The van der Waals surface area contributed by atoms with Gasteiger partial charge in [-0.15, -0.1) is 0 Å². The second-order valence-electron chi connectivity index (χ2n) is 7.05. The topological polar surface area (TPSA) is 62.5 Å². The molecule has 1 aromatic heterocycles. The normalized spacial score (nSPS) is 18.8. The van der Waals surface area contributed by atoms with E-state index in [2.05, 4.69) is 20.6 Å². The lowest BCUT2D eigenvalue weighted by atomic mass is 10.1. The summed E-state index contributed by atoms with van der Waals surface area (Å²) in [5.74, 6) is 1.30. The van der Waals surface area contributed by atoms with Crippen LogP contribution in [0.5, 0.6) is 0 Å². The highest BCUT2D eigenvalue weighted by Crippen LogP contribution is 2.41. The summed E-state index contributed by atoms with van der Waals surface area (Å²) in [6.07, 6.45) is 2.54. The van der Waals surface area contributed by atoms with E-state index in [4.69, 9.17) is 4.42 Å². The molecule has 0 bridgehead atoms. The molecule has 0 aliphatic heterocycles. The van der Waals surface area contributed by atoms with Crippen LogP contribution in [-0.4, -0.2) is 24.0 Å². The molecule has 4 rings (SSSR count). The molecular weight excluding hydrogens is 355 g/mol. The summed E-state index contributed by atoms with van der Waals surface area (Å²) in [6, 6.07) is 15.2. The number of hydrogen-bond donors (Lipinski definition) is 2. The van der Waals surface area contributed by atoms with Gasteiger partial charge in [0.05, 0.1) is 12.2 Å². The average molecular weight is 378 g/mol. The van der Waals surface area contributed by atoms with E-state index in [1.54, 1.807) is 19.4 Å². The van der Waals surface area contributed by atoms with Crippen molar-refractivity contribution in [1.82, 2.24) is 15.6 Å². The molecule has 2 N–H and O–H groups in total. The molecule has 1 aliphatic rings. The van der Waals surface area contributed by atoms with Gasteiger partial charge < -0.3 is 15.1 Å². The lowest BCUT2D eigenvalue weighted by Gasteiger charge is -2.11. The first kappa shape index (κ1) is 18.2. The van der Waals surface area contributed by atoms with Gasteiger partial charge in [-0.1, -0.05) is 35.9 Å². The predicted molar refractivity (Wildman–Crippen MR) is 108 cm³/mol. The molecule has 1 saturated carbocycles. The van der Waals surface area contributed by atoms with Crippen LogP contribution in [0.15, 0.2) is 64.2 Å². The van der Waals surface area contributed by atoms with Crippen molar-refractivity contribution in [3.8, 4) is 11.5 Å². The van der Waals surface area contributed by atoms with E-state index < -0.39 is 0 Å². The molecule has 0 saturated heterocycles. The molecule has 0 amide bonds. The lowest BCUT2D eigenvalue weighted by Crippen LogP contribution is -2.38. The number of hydrogen-bond acceptors (Lipinski definition) is 3. The van der Waals surface area contributed by atoms with Crippen LogP contribution in [0, 0.1) is 12.7 Å². The van der Waals surface area contributed by atoms with Crippen LogP contribution in [0.1, 0.15) is 29.2 Å². The zero-order chi connectivity index (χ0) is 19.5. The van der Waals surface area contributed by atoms with Crippen molar-refractivity contribution in [3.05, 3.63) is 77.4 Å². The van der Waals surface area contributed by atoms with Crippen LogP contribution < -0.4 is 10.6 Å². The van der Waals surface area contributed by atoms with Crippen LogP contribution in [0.25, 0.3) is 11.5 Å². The Kier molecular flexibility index (Phi) is 5.10. The van der Waals surface area contributed by atoms with E-state index >= 15 is 0 Å². The van der Waals surface area contributed by atoms with E-state index in [0.29, 0.717) is 18.4 Å². The fourth-order valence-corrected chi connectivity index (χ4v) is 3.24. The van der Waals surface area contributed by atoms with Crippen LogP contribution in [-0.2, 0) is 6.54 Å². The Morgan fingerprint density at radius 3 is 2.75 bits per heavy atom. The zero-order valence-electron chi connectivity index (χ0n) is 15.9. The van der Waals surface area contributed by atoms with E-state index in [-0.39, 0.29) is 17.8 Å². The maximum absolute atomic E-state index is 13.9. The quantitative estimate of drug-likeness (QED) is 0.520. The van der Waals surface area contributed by atoms with Crippen LogP contribution in [0.4, 0.5) is 4.39 Å². The zero-order valence-corrected chi connectivity index (χ0v) is 15.9. The second kappa shape index (κ2) is 7.84. The SMILES string of the molecule is CN=C(NCc1coc(-c2ccc(C)cc2)n1)NC1CC1c1ccccc1F. The molecular formula is C22H23FN4O. The summed E-state index contributed by atoms with van der Waals surface area (Å²) in [5, 5.41) is 6.59. The van der Waals surface area contributed by atoms with Crippen LogP contribution in [0.2, 0.25) is 0 Å². The van der Waals surface area contributed by atoms with Gasteiger partial charge in [0.15, 0.2) is 5.96 Å². The number of rotatable bonds is 5. The van der Waals surface area contributed by atoms with Gasteiger partial charge in [-0.2, -0.15) is 0 Å². The highest BCUT2D eigenvalue weighted by atomic mass is 19.1. The Morgan fingerprint density at radius 2 is 2.00 bits per heavy atom. The molecule has 5 nitrogen and oxygen atoms in total. The van der Waals surface area contributed by atoms with Gasteiger partial charge in [0.25, 0.3) is 0 Å². The van der Waals surface area contributed by atoms with Crippen molar-refractivity contribution in [1.29, 1.82) is 0 Å². The molecule has 144 valence electrons. The first-order valence-electron chi connectivity index (χ1n) is 9.37. The van der Waals surface area contributed by atoms with E-state index in [1.807, 2.05) is 43.3 Å². The Bertz CT molecular complexity index is 980. The maximum atomic E-state index is 13.9. The number of aromatic nitrogens is 1. The number of oxazole rings is 1. The van der Waals surface area contributed by atoms with Crippen molar-refractivity contribution >= 4 is 5.96 Å². The smallest absolute Gasteiger partial charge is 0.226 e. The number of guanidine groups is 1. The first-order chi connectivity index (χ1) is 13.6. The van der Waals surface area contributed by atoms with E-state index in [0.717, 1.165) is 23.2 Å². The minimum Gasteiger partial charge on any atom is -0.444 e. The molecule has 1 fully saturated rings. The average Bonchev–Trinajstić information content (AvgIpc) is 3.30. The number of nitrogens with one attached hydrogen (secondary N) is 2. The minimum atomic E-state index is -0.147. The fourth-order valence-electron chi connectivity index (χ4n) is 3.24. The minimum absolute atomic E-state index is 0.147. The second-order valence-corrected chi connectivity index (χ2v) is 7.05. The largest absolute Gasteiger partial charge is 0.444 e. The van der Waals surface area contributed by atoms with Crippen molar-refractivity contribution in [2.75, 3.05) is 7.05 Å². The van der Waals surface area contributed by atoms with Gasteiger partial charge in [0, 0.05) is 24.6 Å². The lowest BCUT2D eigenvalue weighted by molar-refractivity contribution is 0.572. The van der Waals surface area contributed by atoms with Gasteiger partial charge in [-0.3, -0.25) is 4.99 Å².